The lowest BCUT2D eigenvalue weighted by molar-refractivity contribution is -0.127. The fourth-order valence-corrected chi connectivity index (χ4v) is 2.21. The minimum absolute atomic E-state index is 0.113. The molecule has 0 spiro atoms. The van der Waals surface area contributed by atoms with Crippen LogP contribution in [0.4, 0.5) is 0 Å². The Labute approximate surface area is 79.3 Å². The van der Waals surface area contributed by atoms with Crippen molar-refractivity contribution in [2.45, 2.75) is 32.2 Å². The van der Waals surface area contributed by atoms with Gasteiger partial charge in [0.1, 0.15) is 0 Å². The summed E-state index contributed by atoms with van der Waals surface area (Å²) < 4.78 is 0. The molecule has 1 saturated heterocycles. The molecule has 1 unspecified atom stereocenters. The van der Waals surface area contributed by atoms with Crippen LogP contribution in [0.3, 0.4) is 0 Å². The van der Waals surface area contributed by atoms with E-state index in [2.05, 4.69) is 0 Å². The Bertz CT molecular complexity index is 211. The molecule has 13 heavy (non-hydrogen) atoms. The van der Waals surface area contributed by atoms with Crippen molar-refractivity contribution in [3.63, 3.8) is 0 Å². The second-order valence-electron chi connectivity index (χ2n) is 4.58. The minimum Gasteiger partial charge on any atom is -0.341 e. The largest absolute Gasteiger partial charge is 0.341 e. The summed E-state index contributed by atoms with van der Waals surface area (Å²) in [7, 11) is 0. The van der Waals surface area contributed by atoms with E-state index in [1.54, 1.807) is 0 Å². The maximum atomic E-state index is 11.5. The fraction of sp³-hybridized carbons (Fsp3) is 0.900. The predicted molar refractivity (Wildman–Crippen MR) is 51.1 cm³/mol. The van der Waals surface area contributed by atoms with Crippen LogP contribution in [0.2, 0.25) is 0 Å². The van der Waals surface area contributed by atoms with Gasteiger partial charge in [0, 0.05) is 25.6 Å². The third-order valence-corrected chi connectivity index (χ3v) is 3.04. The Morgan fingerprint density at radius 1 is 1.54 bits per heavy atom. The van der Waals surface area contributed by atoms with E-state index in [0.29, 0.717) is 11.8 Å². The second kappa shape index (κ2) is 3.29. The number of nitrogens with two attached hydrogens (primary N) is 1. The smallest absolute Gasteiger partial charge is 0.222 e. The van der Waals surface area contributed by atoms with Crippen LogP contribution in [0, 0.1) is 11.8 Å². The molecule has 2 N–H and O–H groups in total. The zero-order valence-electron chi connectivity index (χ0n) is 8.20. The Morgan fingerprint density at radius 3 is 2.77 bits per heavy atom. The normalized spacial score (nSPS) is 31.1. The Kier molecular flexibility index (Phi) is 2.28. The molecule has 0 radical (unpaired) electrons. The van der Waals surface area contributed by atoms with E-state index < -0.39 is 0 Å². The molecule has 1 aliphatic heterocycles. The Balaban J connectivity index is 1.87. The number of amides is 1. The summed E-state index contributed by atoms with van der Waals surface area (Å²) in [5.41, 5.74) is 5.68. The van der Waals surface area contributed by atoms with Crippen LogP contribution in [0.15, 0.2) is 0 Å². The lowest BCUT2D eigenvalue weighted by Gasteiger charge is -2.18. The molecule has 1 amide bonds. The van der Waals surface area contributed by atoms with Gasteiger partial charge in [0.25, 0.3) is 0 Å². The molecule has 1 heterocycles. The molecule has 2 fully saturated rings. The SMILES string of the molecule is C[C@H](N)CN1CC(C2CC2)CC1=O. The van der Waals surface area contributed by atoms with E-state index in [0.717, 1.165) is 25.4 Å². The van der Waals surface area contributed by atoms with Gasteiger partial charge in [0.2, 0.25) is 5.91 Å². The maximum Gasteiger partial charge on any atom is 0.222 e. The van der Waals surface area contributed by atoms with Crippen molar-refractivity contribution < 1.29 is 4.79 Å². The second-order valence-corrected chi connectivity index (χ2v) is 4.58. The van der Waals surface area contributed by atoms with Crippen molar-refractivity contribution >= 4 is 5.91 Å². The lowest BCUT2D eigenvalue weighted by atomic mass is 10.0. The monoisotopic (exact) mass is 182 g/mol. The summed E-state index contributed by atoms with van der Waals surface area (Å²) in [6.45, 7) is 3.66. The maximum absolute atomic E-state index is 11.5. The number of carbonyl (C=O) groups is 1. The van der Waals surface area contributed by atoms with E-state index in [-0.39, 0.29) is 6.04 Å². The molecule has 3 heteroatoms. The highest BCUT2D eigenvalue weighted by Crippen LogP contribution is 2.41. The third-order valence-electron chi connectivity index (χ3n) is 3.04. The van der Waals surface area contributed by atoms with Gasteiger partial charge >= 0.3 is 0 Å². The van der Waals surface area contributed by atoms with Crippen LogP contribution in [0.25, 0.3) is 0 Å². The van der Waals surface area contributed by atoms with Crippen LogP contribution in [0.1, 0.15) is 26.2 Å². The van der Waals surface area contributed by atoms with Gasteiger partial charge in [-0.05, 0) is 31.6 Å². The fourth-order valence-electron chi connectivity index (χ4n) is 2.21. The highest BCUT2D eigenvalue weighted by atomic mass is 16.2. The zero-order valence-corrected chi connectivity index (χ0v) is 8.20. The standard InChI is InChI=1S/C10H18N2O/c1-7(11)5-12-6-9(4-10(12)13)8-2-3-8/h7-9H,2-6,11H2,1H3/t7-,9?/m0/s1. The predicted octanol–water partition coefficient (Wildman–Crippen LogP) is 0.592. The van der Waals surface area contributed by atoms with E-state index in [4.69, 9.17) is 5.73 Å². The Morgan fingerprint density at radius 2 is 2.23 bits per heavy atom. The lowest BCUT2D eigenvalue weighted by Crippen LogP contribution is -2.36. The summed E-state index contributed by atoms with van der Waals surface area (Å²) in [4.78, 5) is 13.5. The molecular weight excluding hydrogens is 164 g/mol. The van der Waals surface area contributed by atoms with Crippen LogP contribution in [-0.4, -0.2) is 29.9 Å². The number of hydrogen-bond donors (Lipinski definition) is 1. The quantitative estimate of drug-likeness (QED) is 0.694. The highest BCUT2D eigenvalue weighted by molar-refractivity contribution is 5.78. The molecule has 2 rings (SSSR count). The van der Waals surface area contributed by atoms with Crippen molar-refractivity contribution in [3.05, 3.63) is 0 Å². The molecule has 3 nitrogen and oxygen atoms in total. The van der Waals surface area contributed by atoms with Crippen molar-refractivity contribution in [2.75, 3.05) is 13.1 Å². The Hall–Kier alpha value is -0.570. The minimum atomic E-state index is 0.113. The van der Waals surface area contributed by atoms with E-state index in [1.165, 1.54) is 12.8 Å². The third kappa shape index (κ3) is 2.02. The molecule has 74 valence electrons. The topological polar surface area (TPSA) is 46.3 Å². The first-order valence-electron chi connectivity index (χ1n) is 5.20. The molecule has 2 atom stereocenters. The average molecular weight is 182 g/mol. The number of likely N-dealkylation sites (tertiary alicyclic amines) is 1. The molecule has 0 aromatic heterocycles. The van der Waals surface area contributed by atoms with Crippen LogP contribution >= 0.6 is 0 Å². The molecule has 1 saturated carbocycles. The van der Waals surface area contributed by atoms with Crippen molar-refractivity contribution in [3.8, 4) is 0 Å². The van der Waals surface area contributed by atoms with E-state index in [9.17, 15) is 4.79 Å². The van der Waals surface area contributed by atoms with Crippen molar-refractivity contribution in [1.82, 2.24) is 4.90 Å². The van der Waals surface area contributed by atoms with Crippen LogP contribution in [-0.2, 0) is 4.79 Å². The van der Waals surface area contributed by atoms with Gasteiger partial charge in [-0.3, -0.25) is 4.79 Å². The number of hydrogen-bond acceptors (Lipinski definition) is 2. The number of carbonyl (C=O) groups excluding carboxylic acids is 1. The molecular formula is C10H18N2O. The molecule has 0 aromatic carbocycles. The highest BCUT2D eigenvalue weighted by Gasteiger charge is 2.39. The average Bonchev–Trinajstić information content (AvgIpc) is 2.79. The van der Waals surface area contributed by atoms with E-state index >= 15 is 0 Å². The van der Waals surface area contributed by atoms with Crippen molar-refractivity contribution in [2.24, 2.45) is 17.6 Å². The summed E-state index contributed by atoms with van der Waals surface area (Å²) in [5, 5.41) is 0. The first-order valence-corrected chi connectivity index (χ1v) is 5.20. The van der Waals surface area contributed by atoms with Gasteiger partial charge in [-0.15, -0.1) is 0 Å². The summed E-state index contributed by atoms with van der Waals surface area (Å²) in [6.07, 6.45) is 3.45. The van der Waals surface area contributed by atoms with Gasteiger partial charge in [0.05, 0.1) is 0 Å². The number of rotatable bonds is 3. The number of nitrogens with zero attached hydrogens (tertiary/aromatic N) is 1. The first kappa shape index (κ1) is 9.00. The van der Waals surface area contributed by atoms with Gasteiger partial charge < -0.3 is 10.6 Å². The van der Waals surface area contributed by atoms with Gasteiger partial charge in [-0.2, -0.15) is 0 Å². The summed E-state index contributed by atoms with van der Waals surface area (Å²) in [5.74, 6) is 1.81. The summed E-state index contributed by atoms with van der Waals surface area (Å²) >= 11 is 0. The molecule has 0 aromatic rings. The van der Waals surface area contributed by atoms with Crippen molar-refractivity contribution in [1.29, 1.82) is 0 Å². The zero-order chi connectivity index (χ0) is 9.42. The van der Waals surface area contributed by atoms with Gasteiger partial charge in [-0.1, -0.05) is 0 Å². The van der Waals surface area contributed by atoms with E-state index in [1.807, 2.05) is 11.8 Å². The molecule has 0 bridgehead atoms. The molecule has 2 aliphatic rings. The van der Waals surface area contributed by atoms with Crippen LogP contribution in [0.5, 0.6) is 0 Å². The van der Waals surface area contributed by atoms with Gasteiger partial charge in [-0.25, -0.2) is 0 Å². The summed E-state index contributed by atoms with van der Waals surface area (Å²) in [6, 6.07) is 0.113. The van der Waals surface area contributed by atoms with Gasteiger partial charge in [0.15, 0.2) is 0 Å². The molecule has 1 aliphatic carbocycles. The first-order chi connectivity index (χ1) is 6.16. The van der Waals surface area contributed by atoms with Crippen LogP contribution < -0.4 is 5.73 Å².